The molecule has 2 saturated carbocycles. The Bertz CT molecular complexity index is 754. The van der Waals surface area contributed by atoms with Crippen molar-refractivity contribution in [2.24, 2.45) is 0 Å². The van der Waals surface area contributed by atoms with E-state index in [4.69, 9.17) is 11.6 Å². The molecule has 1 amide bonds. The Kier molecular flexibility index (Phi) is 5.42. The second-order valence-corrected chi connectivity index (χ2v) is 9.42. The van der Waals surface area contributed by atoms with Crippen LogP contribution in [0.4, 0.5) is 0 Å². The highest BCUT2D eigenvalue weighted by Gasteiger charge is 2.39. The number of nitrogens with one attached hydrogen (secondary N) is 1. The second-order valence-electron chi connectivity index (χ2n) is 7.30. The van der Waals surface area contributed by atoms with Crippen molar-refractivity contribution in [3.8, 4) is 0 Å². The van der Waals surface area contributed by atoms with Gasteiger partial charge in [-0.2, -0.15) is 0 Å². The third kappa shape index (κ3) is 4.18. The molecule has 0 unspecified atom stereocenters. The van der Waals surface area contributed by atoms with E-state index in [-0.39, 0.29) is 34.5 Å². The third-order valence-corrected chi connectivity index (χ3v) is 6.75. The first-order chi connectivity index (χ1) is 11.8. The van der Waals surface area contributed by atoms with Crippen LogP contribution in [0.15, 0.2) is 23.1 Å². The van der Waals surface area contributed by atoms with Crippen LogP contribution in [-0.4, -0.2) is 37.4 Å². The van der Waals surface area contributed by atoms with Crippen molar-refractivity contribution in [2.45, 2.75) is 75.4 Å². The monoisotopic (exact) mass is 384 g/mol. The minimum absolute atomic E-state index is 0.0797. The number of rotatable bonds is 6. The predicted octanol–water partition coefficient (Wildman–Crippen LogP) is 3.57. The van der Waals surface area contributed by atoms with E-state index in [1.807, 2.05) is 4.90 Å². The van der Waals surface area contributed by atoms with Crippen LogP contribution < -0.4 is 4.72 Å². The van der Waals surface area contributed by atoms with Gasteiger partial charge in [-0.25, -0.2) is 13.1 Å². The summed E-state index contributed by atoms with van der Waals surface area (Å²) in [7, 11) is -3.66. The van der Waals surface area contributed by atoms with E-state index in [2.05, 4.69) is 4.72 Å². The lowest BCUT2D eigenvalue weighted by atomic mass is 10.1. The van der Waals surface area contributed by atoms with Crippen LogP contribution in [0.25, 0.3) is 0 Å². The largest absolute Gasteiger partial charge is 0.333 e. The maximum Gasteiger partial charge on any atom is 0.255 e. The summed E-state index contributed by atoms with van der Waals surface area (Å²) < 4.78 is 27.4. The molecule has 1 N–H and O–H groups in total. The lowest BCUT2D eigenvalue weighted by molar-refractivity contribution is 0.0664. The zero-order valence-corrected chi connectivity index (χ0v) is 16.2. The SMILES string of the molecule is CC(C)NS(=O)(=O)c1ccc(Cl)c(C(=O)N(C2CCCC2)C2CC2)c1. The van der Waals surface area contributed by atoms with E-state index in [1.165, 1.54) is 18.2 Å². The Balaban J connectivity index is 1.92. The summed E-state index contributed by atoms with van der Waals surface area (Å²) in [5, 5.41) is 0.303. The number of hydrogen-bond donors (Lipinski definition) is 1. The minimum Gasteiger partial charge on any atom is -0.333 e. The first kappa shape index (κ1) is 18.7. The fourth-order valence-electron chi connectivity index (χ4n) is 3.52. The van der Waals surface area contributed by atoms with Crippen molar-refractivity contribution in [1.82, 2.24) is 9.62 Å². The molecule has 0 heterocycles. The Labute approximate surface area is 154 Å². The molecule has 5 nitrogen and oxygen atoms in total. The summed E-state index contributed by atoms with van der Waals surface area (Å²) in [5.74, 6) is -0.138. The number of carbonyl (C=O) groups excluding carboxylic acids is 1. The van der Waals surface area contributed by atoms with E-state index < -0.39 is 10.0 Å². The average molecular weight is 385 g/mol. The lowest BCUT2D eigenvalue weighted by Gasteiger charge is -2.29. The van der Waals surface area contributed by atoms with Gasteiger partial charge in [0.2, 0.25) is 10.0 Å². The maximum absolute atomic E-state index is 13.2. The number of hydrogen-bond acceptors (Lipinski definition) is 3. The maximum atomic E-state index is 13.2. The molecule has 1 aromatic carbocycles. The first-order valence-electron chi connectivity index (χ1n) is 8.94. The Morgan fingerprint density at radius 1 is 1.16 bits per heavy atom. The van der Waals surface area contributed by atoms with Gasteiger partial charge in [0.25, 0.3) is 5.91 Å². The molecule has 7 heteroatoms. The fourth-order valence-corrected chi connectivity index (χ4v) is 4.99. The standard InChI is InChI=1S/C18H25ClN2O3S/c1-12(2)20-25(23,24)15-9-10-17(19)16(11-15)18(22)21(14-7-8-14)13-5-3-4-6-13/h9-14,20H,3-8H2,1-2H3. The molecule has 0 bridgehead atoms. The summed E-state index contributed by atoms with van der Waals surface area (Å²) in [6, 6.07) is 4.68. The highest BCUT2D eigenvalue weighted by Crippen LogP contribution is 2.36. The molecule has 3 rings (SSSR count). The smallest absolute Gasteiger partial charge is 0.255 e. The van der Waals surface area contributed by atoms with Gasteiger partial charge in [0.05, 0.1) is 15.5 Å². The molecule has 0 aliphatic heterocycles. The van der Waals surface area contributed by atoms with Gasteiger partial charge < -0.3 is 4.90 Å². The number of carbonyl (C=O) groups is 1. The summed E-state index contributed by atoms with van der Waals surface area (Å²) in [5.41, 5.74) is 0.284. The van der Waals surface area contributed by atoms with Crippen LogP contribution in [0.3, 0.4) is 0 Å². The van der Waals surface area contributed by atoms with Gasteiger partial charge in [0.1, 0.15) is 0 Å². The molecular formula is C18H25ClN2O3S. The molecule has 0 aromatic heterocycles. The summed E-state index contributed by atoms with van der Waals surface area (Å²) in [6.07, 6.45) is 6.36. The van der Waals surface area contributed by atoms with Gasteiger partial charge in [-0.15, -0.1) is 0 Å². The zero-order valence-electron chi connectivity index (χ0n) is 14.7. The number of amides is 1. The molecule has 2 aliphatic rings. The van der Waals surface area contributed by atoms with Gasteiger partial charge >= 0.3 is 0 Å². The Hall–Kier alpha value is -1.11. The van der Waals surface area contributed by atoms with E-state index in [0.29, 0.717) is 5.02 Å². The zero-order chi connectivity index (χ0) is 18.2. The quantitative estimate of drug-likeness (QED) is 0.815. The van der Waals surface area contributed by atoms with Crippen LogP contribution in [0.5, 0.6) is 0 Å². The van der Waals surface area contributed by atoms with Crippen molar-refractivity contribution < 1.29 is 13.2 Å². The summed E-state index contributed by atoms with van der Waals surface area (Å²) >= 11 is 6.26. The molecule has 2 aliphatic carbocycles. The number of sulfonamides is 1. The fraction of sp³-hybridized carbons (Fsp3) is 0.611. The molecule has 2 fully saturated rings. The Morgan fingerprint density at radius 2 is 1.76 bits per heavy atom. The first-order valence-corrected chi connectivity index (χ1v) is 10.8. The van der Waals surface area contributed by atoms with Crippen molar-refractivity contribution in [3.05, 3.63) is 28.8 Å². The van der Waals surface area contributed by atoms with Gasteiger partial charge in [-0.3, -0.25) is 4.79 Å². The number of benzene rings is 1. The lowest BCUT2D eigenvalue weighted by Crippen LogP contribution is -2.40. The van der Waals surface area contributed by atoms with Crippen molar-refractivity contribution in [3.63, 3.8) is 0 Å². The topological polar surface area (TPSA) is 66.5 Å². The van der Waals surface area contributed by atoms with Crippen LogP contribution >= 0.6 is 11.6 Å². The van der Waals surface area contributed by atoms with Crippen LogP contribution in [0.2, 0.25) is 5.02 Å². The molecular weight excluding hydrogens is 360 g/mol. The number of nitrogens with zero attached hydrogens (tertiary/aromatic N) is 1. The molecule has 138 valence electrons. The van der Waals surface area contributed by atoms with E-state index >= 15 is 0 Å². The minimum atomic E-state index is -3.66. The highest BCUT2D eigenvalue weighted by molar-refractivity contribution is 7.89. The van der Waals surface area contributed by atoms with Crippen LogP contribution in [0, 0.1) is 0 Å². The molecule has 1 aromatic rings. The van der Waals surface area contributed by atoms with Crippen LogP contribution in [0.1, 0.15) is 62.7 Å². The predicted molar refractivity (Wildman–Crippen MR) is 98.4 cm³/mol. The van der Waals surface area contributed by atoms with Gasteiger partial charge in [-0.05, 0) is 57.7 Å². The highest BCUT2D eigenvalue weighted by atomic mass is 35.5. The molecule has 25 heavy (non-hydrogen) atoms. The van der Waals surface area contributed by atoms with Gasteiger partial charge in [-0.1, -0.05) is 24.4 Å². The molecule has 0 spiro atoms. The van der Waals surface area contributed by atoms with Crippen molar-refractivity contribution in [1.29, 1.82) is 0 Å². The van der Waals surface area contributed by atoms with Gasteiger partial charge in [0.15, 0.2) is 0 Å². The molecule has 0 saturated heterocycles. The second kappa shape index (κ2) is 7.25. The molecule has 0 atom stereocenters. The summed E-state index contributed by atoms with van der Waals surface area (Å²) in [4.78, 5) is 15.2. The van der Waals surface area contributed by atoms with E-state index in [9.17, 15) is 13.2 Å². The van der Waals surface area contributed by atoms with Gasteiger partial charge in [0, 0.05) is 18.1 Å². The summed E-state index contributed by atoms with van der Waals surface area (Å²) in [6.45, 7) is 3.52. The van der Waals surface area contributed by atoms with E-state index in [1.54, 1.807) is 13.8 Å². The van der Waals surface area contributed by atoms with E-state index in [0.717, 1.165) is 38.5 Å². The Morgan fingerprint density at radius 3 is 2.32 bits per heavy atom. The number of halogens is 1. The normalized spacial score (nSPS) is 18.7. The van der Waals surface area contributed by atoms with Crippen molar-refractivity contribution in [2.75, 3.05) is 0 Å². The molecule has 0 radical (unpaired) electrons. The third-order valence-electron chi connectivity index (χ3n) is 4.76. The average Bonchev–Trinajstić information content (AvgIpc) is 3.20. The van der Waals surface area contributed by atoms with Crippen LogP contribution in [-0.2, 0) is 10.0 Å². The van der Waals surface area contributed by atoms with Crippen molar-refractivity contribution >= 4 is 27.5 Å².